The van der Waals surface area contributed by atoms with Gasteiger partial charge < -0.3 is 4.74 Å². The van der Waals surface area contributed by atoms with Crippen molar-refractivity contribution in [3.8, 4) is 11.5 Å². The Morgan fingerprint density at radius 1 is 0.968 bits per heavy atom. The summed E-state index contributed by atoms with van der Waals surface area (Å²) in [5.74, 6) is 2.73. The maximum atomic E-state index is 6.25. The quantitative estimate of drug-likeness (QED) is 0.440. The van der Waals surface area contributed by atoms with Crippen LogP contribution in [0.3, 0.4) is 0 Å². The number of para-hydroxylation sites is 1. The Labute approximate surface area is 189 Å². The molecule has 1 saturated carbocycles. The number of fused-ring (bicyclic) bond motifs is 1. The van der Waals surface area contributed by atoms with Gasteiger partial charge in [0.15, 0.2) is 0 Å². The summed E-state index contributed by atoms with van der Waals surface area (Å²) in [6, 6.07) is 22.4. The minimum Gasteiger partial charge on any atom is -0.457 e. The molecule has 0 unspecified atom stereocenters. The molecule has 2 bridgehead atoms. The molecule has 0 radical (unpaired) electrons. The maximum Gasteiger partial charge on any atom is 0.127 e. The van der Waals surface area contributed by atoms with Crippen molar-refractivity contribution in [1.82, 2.24) is 4.90 Å². The van der Waals surface area contributed by atoms with Crippen LogP contribution in [0, 0.1) is 5.92 Å². The Bertz CT molecular complexity index is 1030. The van der Waals surface area contributed by atoms with Crippen molar-refractivity contribution in [3.63, 3.8) is 0 Å². The molecule has 2 nitrogen and oxygen atoms in total. The standard InChI is InChI=1S/C28H31NOS/c1-2-7-22(8-3-1)30-23-12-11-21-19-27-25-10-4-5-14-28(25,26(21)20-23)15-17-29(27)16-13-24-9-6-18-31-24/h1-3,6-9,11-12,18,20,25,27H,4-5,10,13-17,19H2/t25-,27+,28+/m0/s1. The fourth-order valence-corrected chi connectivity index (χ4v) is 7.44. The molecule has 1 aromatic heterocycles. The number of ether oxygens (including phenoxy) is 1. The lowest BCUT2D eigenvalue weighted by atomic mass is 9.52. The second-order valence-electron chi connectivity index (χ2n) is 9.63. The molecular formula is C28H31NOS. The van der Waals surface area contributed by atoms with Gasteiger partial charge in [-0.3, -0.25) is 4.90 Å². The van der Waals surface area contributed by atoms with Gasteiger partial charge in [-0.1, -0.05) is 43.2 Å². The molecule has 6 rings (SSSR count). The van der Waals surface area contributed by atoms with Gasteiger partial charge in [-0.25, -0.2) is 0 Å². The third-order valence-corrected chi connectivity index (χ3v) is 9.06. The van der Waals surface area contributed by atoms with Crippen LogP contribution in [0.2, 0.25) is 0 Å². The Morgan fingerprint density at radius 2 is 1.90 bits per heavy atom. The van der Waals surface area contributed by atoms with Crippen molar-refractivity contribution < 1.29 is 4.74 Å². The Morgan fingerprint density at radius 3 is 2.77 bits per heavy atom. The second-order valence-corrected chi connectivity index (χ2v) is 10.7. The number of hydrogen-bond acceptors (Lipinski definition) is 3. The highest BCUT2D eigenvalue weighted by molar-refractivity contribution is 7.09. The fraction of sp³-hybridized carbons (Fsp3) is 0.429. The van der Waals surface area contributed by atoms with Gasteiger partial charge in [0.05, 0.1) is 0 Å². The summed E-state index contributed by atoms with van der Waals surface area (Å²) in [6.45, 7) is 2.46. The average molecular weight is 430 g/mol. The number of hydrogen-bond donors (Lipinski definition) is 0. The highest BCUT2D eigenvalue weighted by atomic mass is 32.1. The average Bonchev–Trinajstić information content (AvgIpc) is 3.33. The SMILES string of the molecule is c1ccc(Oc2ccc3c(c2)[C@@]24CCCC[C@H]2[C@@H](C3)N(CCc2cccs2)CC4)cc1. The summed E-state index contributed by atoms with van der Waals surface area (Å²) in [6.07, 6.45) is 9.24. The molecule has 3 heteroatoms. The van der Waals surface area contributed by atoms with E-state index in [2.05, 4.69) is 40.6 Å². The summed E-state index contributed by atoms with van der Waals surface area (Å²) >= 11 is 1.91. The van der Waals surface area contributed by atoms with Crippen LogP contribution in [0.5, 0.6) is 11.5 Å². The van der Waals surface area contributed by atoms with Gasteiger partial charge in [-0.15, -0.1) is 11.3 Å². The number of piperidine rings is 1. The third-order valence-electron chi connectivity index (χ3n) is 8.13. The highest BCUT2D eigenvalue weighted by Gasteiger charge is 2.53. The molecule has 1 saturated heterocycles. The van der Waals surface area contributed by atoms with E-state index >= 15 is 0 Å². The van der Waals surface area contributed by atoms with Crippen LogP contribution in [0.1, 0.15) is 48.1 Å². The van der Waals surface area contributed by atoms with Crippen molar-refractivity contribution >= 4 is 11.3 Å². The second kappa shape index (κ2) is 8.11. The van der Waals surface area contributed by atoms with E-state index in [4.69, 9.17) is 4.74 Å². The topological polar surface area (TPSA) is 12.5 Å². The van der Waals surface area contributed by atoms with Crippen LogP contribution >= 0.6 is 11.3 Å². The van der Waals surface area contributed by atoms with E-state index in [1.165, 1.54) is 62.9 Å². The Hall–Kier alpha value is -2.10. The Balaban J connectivity index is 1.30. The predicted octanol–water partition coefficient (Wildman–Crippen LogP) is 6.84. The lowest BCUT2D eigenvalue weighted by Gasteiger charge is -2.59. The largest absolute Gasteiger partial charge is 0.457 e. The van der Waals surface area contributed by atoms with E-state index < -0.39 is 0 Å². The zero-order valence-corrected chi connectivity index (χ0v) is 18.9. The first-order valence-corrected chi connectivity index (χ1v) is 12.8. The number of likely N-dealkylation sites (tertiary alicyclic amines) is 1. The molecule has 3 aliphatic rings. The van der Waals surface area contributed by atoms with Gasteiger partial charge in [-0.05, 0) is 91.4 Å². The van der Waals surface area contributed by atoms with Gasteiger partial charge in [0, 0.05) is 22.9 Å². The summed E-state index contributed by atoms with van der Waals surface area (Å²) in [7, 11) is 0. The molecule has 2 heterocycles. The lowest BCUT2D eigenvalue weighted by Crippen LogP contribution is -2.61. The summed E-state index contributed by atoms with van der Waals surface area (Å²) in [5, 5.41) is 2.21. The molecule has 0 N–H and O–H groups in total. The van der Waals surface area contributed by atoms with Crippen molar-refractivity contribution in [2.45, 2.75) is 56.4 Å². The molecule has 2 aromatic carbocycles. The van der Waals surface area contributed by atoms with E-state index in [1.54, 1.807) is 11.1 Å². The zero-order valence-electron chi connectivity index (χ0n) is 18.1. The highest BCUT2D eigenvalue weighted by Crippen LogP contribution is 2.56. The molecule has 2 aliphatic carbocycles. The molecule has 0 amide bonds. The van der Waals surface area contributed by atoms with Gasteiger partial charge in [-0.2, -0.15) is 0 Å². The zero-order chi connectivity index (χ0) is 20.7. The molecule has 3 atom stereocenters. The minimum absolute atomic E-state index is 0.367. The van der Waals surface area contributed by atoms with Crippen LogP contribution in [0.4, 0.5) is 0 Å². The molecule has 0 spiro atoms. The first-order valence-electron chi connectivity index (χ1n) is 11.9. The van der Waals surface area contributed by atoms with Crippen LogP contribution in [-0.2, 0) is 18.3 Å². The van der Waals surface area contributed by atoms with E-state index in [0.717, 1.165) is 17.4 Å². The maximum absolute atomic E-state index is 6.25. The minimum atomic E-state index is 0.367. The van der Waals surface area contributed by atoms with Crippen molar-refractivity contribution in [2.75, 3.05) is 13.1 Å². The van der Waals surface area contributed by atoms with Crippen molar-refractivity contribution in [1.29, 1.82) is 0 Å². The number of thiophene rings is 1. The van der Waals surface area contributed by atoms with Crippen molar-refractivity contribution in [3.05, 3.63) is 82.0 Å². The number of benzene rings is 2. The Kier molecular flexibility index (Phi) is 5.12. The van der Waals surface area contributed by atoms with Gasteiger partial charge in [0.25, 0.3) is 0 Å². The van der Waals surface area contributed by atoms with E-state index in [1.807, 2.05) is 41.7 Å². The molecule has 160 valence electrons. The number of rotatable bonds is 5. The van der Waals surface area contributed by atoms with Crippen LogP contribution in [0.25, 0.3) is 0 Å². The fourth-order valence-electron chi connectivity index (χ4n) is 6.74. The van der Waals surface area contributed by atoms with Crippen molar-refractivity contribution in [2.24, 2.45) is 5.92 Å². The number of nitrogens with zero attached hydrogens (tertiary/aromatic N) is 1. The lowest BCUT2D eigenvalue weighted by molar-refractivity contribution is -0.0105. The predicted molar refractivity (Wildman–Crippen MR) is 128 cm³/mol. The van der Waals surface area contributed by atoms with Gasteiger partial charge in [0.2, 0.25) is 0 Å². The van der Waals surface area contributed by atoms with Crippen LogP contribution in [0.15, 0.2) is 66.0 Å². The first kappa shape index (κ1) is 19.6. The van der Waals surface area contributed by atoms with Crippen LogP contribution < -0.4 is 4.74 Å². The van der Waals surface area contributed by atoms with Gasteiger partial charge in [0.1, 0.15) is 11.5 Å². The van der Waals surface area contributed by atoms with E-state index in [9.17, 15) is 0 Å². The van der Waals surface area contributed by atoms with Gasteiger partial charge >= 0.3 is 0 Å². The molecule has 3 aromatic rings. The molecular weight excluding hydrogens is 398 g/mol. The van der Waals surface area contributed by atoms with E-state index in [-0.39, 0.29) is 0 Å². The summed E-state index contributed by atoms with van der Waals surface area (Å²) in [4.78, 5) is 4.37. The normalized spacial score (nSPS) is 27.4. The summed E-state index contributed by atoms with van der Waals surface area (Å²) in [5.41, 5.74) is 3.55. The monoisotopic (exact) mass is 429 g/mol. The molecule has 2 fully saturated rings. The third kappa shape index (κ3) is 3.52. The molecule has 31 heavy (non-hydrogen) atoms. The van der Waals surface area contributed by atoms with E-state index in [0.29, 0.717) is 11.5 Å². The van der Waals surface area contributed by atoms with Crippen LogP contribution in [-0.4, -0.2) is 24.0 Å². The summed E-state index contributed by atoms with van der Waals surface area (Å²) < 4.78 is 6.25. The first-order chi connectivity index (χ1) is 15.3. The smallest absolute Gasteiger partial charge is 0.127 e. The molecule has 1 aliphatic heterocycles.